The number of methoxy groups -OCH3 is 1. The molecule has 10 nitrogen and oxygen atoms in total. The Balaban J connectivity index is 1.74. The van der Waals surface area contributed by atoms with Crippen LogP contribution in [0.15, 0.2) is 58.1 Å². The van der Waals surface area contributed by atoms with E-state index < -0.39 is 24.9 Å². The Morgan fingerprint density at radius 2 is 1.78 bits per heavy atom. The second-order valence-corrected chi connectivity index (χ2v) is 13.7. The second kappa shape index (κ2) is 14.9. The molecule has 1 aliphatic rings. The van der Waals surface area contributed by atoms with E-state index in [0.717, 1.165) is 23.0 Å². The van der Waals surface area contributed by atoms with Crippen molar-refractivity contribution in [2.75, 3.05) is 33.5 Å². The SMILES string of the molecule is CC#Cc1sc2c(c1C)c(=O)n(-c1cccc(P(=O)(OCC)OCC)c1)c(=O)n2C[C@H](OC1CCOCC1)c1ccccc1OC. The Bertz CT molecular complexity index is 1920. The Hall–Kier alpha value is -3.49. The zero-order chi connectivity index (χ0) is 32.8. The highest BCUT2D eigenvalue weighted by Crippen LogP contribution is 2.47. The van der Waals surface area contributed by atoms with Gasteiger partial charge in [0.2, 0.25) is 0 Å². The predicted octanol–water partition coefficient (Wildman–Crippen LogP) is 5.73. The zero-order valence-corrected chi connectivity index (χ0v) is 28.5. The summed E-state index contributed by atoms with van der Waals surface area (Å²) >= 11 is 1.31. The first kappa shape index (κ1) is 33.9. The Morgan fingerprint density at radius 3 is 2.46 bits per heavy atom. The maximum absolute atomic E-state index is 14.6. The summed E-state index contributed by atoms with van der Waals surface area (Å²) in [4.78, 5) is 30.0. The average Bonchev–Trinajstić information content (AvgIpc) is 3.39. The summed E-state index contributed by atoms with van der Waals surface area (Å²) in [5.41, 5.74) is 0.660. The molecule has 0 radical (unpaired) electrons. The topological polar surface area (TPSA) is 107 Å². The van der Waals surface area contributed by atoms with E-state index in [9.17, 15) is 14.2 Å². The van der Waals surface area contributed by atoms with E-state index in [-0.39, 0.29) is 36.9 Å². The molecular weight excluding hydrogens is 627 g/mol. The van der Waals surface area contributed by atoms with Gasteiger partial charge in [-0.15, -0.1) is 17.3 Å². The van der Waals surface area contributed by atoms with Gasteiger partial charge >= 0.3 is 13.3 Å². The molecule has 244 valence electrons. The van der Waals surface area contributed by atoms with Crippen LogP contribution in [-0.4, -0.2) is 48.8 Å². The monoisotopic (exact) mass is 666 g/mol. The van der Waals surface area contributed by atoms with Gasteiger partial charge in [-0.25, -0.2) is 9.36 Å². The number of benzene rings is 2. The molecule has 0 amide bonds. The van der Waals surface area contributed by atoms with E-state index in [1.807, 2.05) is 31.2 Å². The minimum Gasteiger partial charge on any atom is -0.496 e. The average molecular weight is 667 g/mol. The maximum Gasteiger partial charge on any atom is 0.361 e. The van der Waals surface area contributed by atoms with Crippen LogP contribution in [0.25, 0.3) is 15.9 Å². The first-order valence-electron chi connectivity index (χ1n) is 15.3. The number of thiophene rings is 1. The van der Waals surface area contributed by atoms with Gasteiger partial charge in [-0.2, -0.15) is 0 Å². The standard InChI is InChI=1S/C34H39N2O8PS/c1-6-12-30-23(4)31-32(37)36(24-13-11-14-26(21-24)45(39,42-7-2)43-8-3)34(38)35(33(31)46-30)22-29(44-25-17-19-41-20-18-25)27-15-9-10-16-28(27)40-5/h9-11,13-16,21,25,29H,7-8,17-20,22H2,1-5H3/t29-/m0/s1. The zero-order valence-electron chi connectivity index (χ0n) is 26.7. The minimum atomic E-state index is -3.70. The quantitative estimate of drug-likeness (QED) is 0.139. The normalized spacial score (nSPS) is 14.6. The Labute approximate surface area is 272 Å². The van der Waals surface area contributed by atoms with E-state index in [0.29, 0.717) is 39.6 Å². The van der Waals surface area contributed by atoms with Gasteiger partial charge in [-0.1, -0.05) is 30.2 Å². The second-order valence-electron chi connectivity index (χ2n) is 10.7. The number of para-hydroxylation sites is 1. The highest BCUT2D eigenvalue weighted by molar-refractivity contribution is 7.62. The molecule has 12 heteroatoms. The van der Waals surface area contributed by atoms with Crippen LogP contribution < -0.4 is 21.3 Å². The Morgan fingerprint density at radius 1 is 1.07 bits per heavy atom. The van der Waals surface area contributed by atoms with Crippen molar-refractivity contribution in [1.29, 1.82) is 0 Å². The molecule has 0 saturated carbocycles. The number of rotatable bonds is 12. The molecule has 1 atom stereocenters. The number of aryl methyl sites for hydroxylation is 1. The van der Waals surface area contributed by atoms with Crippen molar-refractivity contribution in [3.63, 3.8) is 0 Å². The van der Waals surface area contributed by atoms with Crippen molar-refractivity contribution in [3.05, 3.63) is 85.4 Å². The summed E-state index contributed by atoms with van der Waals surface area (Å²) in [6.45, 7) is 8.62. The molecule has 0 aliphatic carbocycles. The number of aromatic nitrogens is 2. The van der Waals surface area contributed by atoms with Gasteiger partial charge in [0.05, 0.1) is 54.2 Å². The lowest BCUT2D eigenvalue weighted by atomic mass is 10.1. The number of fused-ring (bicyclic) bond motifs is 1. The summed E-state index contributed by atoms with van der Waals surface area (Å²) < 4.78 is 45.5. The summed E-state index contributed by atoms with van der Waals surface area (Å²) in [5.74, 6) is 6.65. The van der Waals surface area contributed by atoms with Gasteiger partial charge < -0.3 is 23.3 Å². The molecule has 2 aromatic heterocycles. The number of nitrogens with zero attached hydrogens (tertiary/aromatic N) is 2. The minimum absolute atomic E-state index is 0.0877. The van der Waals surface area contributed by atoms with Crippen molar-refractivity contribution < 1.29 is 27.8 Å². The van der Waals surface area contributed by atoms with Crippen molar-refractivity contribution in [1.82, 2.24) is 9.13 Å². The Kier molecular flexibility index (Phi) is 11.0. The molecule has 4 aromatic rings. The van der Waals surface area contributed by atoms with Crippen LogP contribution in [0.5, 0.6) is 5.75 Å². The van der Waals surface area contributed by atoms with Gasteiger partial charge in [0.25, 0.3) is 5.56 Å². The molecule has 3 heterocycles. The van der Waals surface area contributed by atoms with Crippen molar-refractivity contribution in [2.45, 2.75) is 59.3 Å². The van der Waals surface area contributed by atoms with E-state index in [4.69, 9.17) is 23.3 Å². The number of hydrogen-bond donors (Lipinski definition) is 0. The van der Waals surface area contributed by atoms with Crippen LogP contribution >= 0.6 is 18.9 Å². The highest BCUT2D eigenvalue weighted by atomic mass is 32.1. The third-order valence-corrected chi connectivity index (χ3v) is 11.1. The molecule has 1 aliphatic heterocycles. The van der Waals surface area contributed by atoms with Crippen LogP contribution in [0.1, 0.15) is 55.7 Å². The van der Waals surface area contributed by atoms with Crippen LogP contribution in [0.3, 0.4) is 0 Å². The van der Waals surface area contributed by atoms with Crippen LogP contribution in [-0.2, 0) is 29.6 Å². The smallest absolute Gasteiger partial charge is 0.361 e. The largest absolute Gasteiger partial charge is 0.496 e. The fraction of sp³-hybridized carbons (Fsp3) is 0.412. The van der Waals surface area contributed by atoms with Crippen molar-refractivity contribution in [2.24, 2.45) is 0 Å². The van der Waals surface area contributed by atoms with Gasteiger partial charge in [-0.05, 0) is 70.4 Å². The summed E-state index contributed by atoms with van der Waals surface area (Å²) in [7, 11) is -2.10. The van der Waals surface area contributed by atoms with Gasteiger partial charge in [0.1, 0.15) is 16.7 Å². The number of ether oxygens (including phenoxy) is 3. The molecule has 5 rings (SSSR count). The predicted molar refractivity (Wildman–Crippen MR) is 180 cm³/mol. The van der Waals surface area contributed by atoms with E-state index in [1.165, 1.54) is 17.4 Å². The molecule has 1 fully saturated rings. The van der Waals surface area contributed by atoms with E-state index in [1.54, 1.807) is 50.6 Å². The fourth-order valence-electron chi connectivity index (χ4n) is 5.65. The van der Waals surface area contributed by atoms with Crippen LogP contribution in [0.4, 0.5) is 0 Å². The summed E-state index contributed by atoms with van der Waals surface area (Å²) in [5, 5.41) is 0.636. The van der Waals surface area contributed by atoms with E-state index >= 15 is 0 Å². The third kappa shape index (κ3) is 6.79. The lowest BCUT2D eigenvalue weighted by Crippen LogP contribution is -2.40. The molecule has 0 unspecified atom stereocenters. The molecular formula is C34H39N2O8PS. The summed E-state index contributed by atoms with van der Waals surface area (Å²) in [6, 6.07) is 14.0. The molecule has 0 spiro atoms. The van der Waals surface area contributed by atoms with Gasteiger partial charge in [0.15, 0.2) is 0 Å². The first-order chi connectivity index (χ1) is 22.3. The lowest BCUT2D eigenvalue weighted by molar-refractivity contribution is -0.0752. The lowest BCUT2D eigenvalue weighted by Gasteiger charge is -2.29. The van der Waals surface area contributed by atoms with Gasteiger partial charge in [-0.3, -0.25) is 13.9 Å². The molecule has 2 aromatic carbocycles. The molecule has 0 bridgehead atoms. The third-order valence-electron chi connectivity index (χ3n) is 7.81. The van der Waals surface area contributed by atoms with Crippen LogP contribution in [0.2, 0.25) is 0 Å². The first-order valence-corrected chi connectivity index (χ1v) is 17.7. The fourth-order valence-corrected chi connectivity index (χ4v) is 8.47. The number of hydrogen-bond acceptors (Lipinski definition) is 9. The molecule has 1 saturated heterocycles. The van der Waals surface area contributed by atoms with Crippen LogP contribution in [0, 0.1) is 18.8 Å². The van der Waals surface area contributed by atoms with Gasteiger partial charge in [0, 0.05) is 18.8 Å². The highest BCUT2D eigenvalue weighted by Gasteiger charge is 2.30. The molecule has 46 heavy (non-hydrogen) atoms. The molecule has 0 N–H and O–H groups in total. The maximum atomic E-state index is 14.6. The van der Waals surface area contributed by atoms with Crippen molar-refractivity contribution >= 4 is 34.5 Å². The summed E-state index contributed by atoms with van der Waals surface area (Å²) in [6.07, 6.45) is 0.763. The van der Waals surface area contributed by atoms with Crippen molar-refractivity contribution in [3.8, 4) is 23.3 Å². The van der Waals surface area contributed by atoms with E-state index in [2.05, 4.69) is 11.8 Å².